The lowest BCUT2D eigenvalue weighted by molar-refractivity contribution is -0.428. The summed E-state index contributed by atoms with van der Waals surface area (Å²) in [6.07, 6.45) is -29.4. The van der Waals surface area contributed by atoms with E-state index < -0.39 is 55.2 Å². The van der Waals surface area contributed by atoms with E-state index in [9.17, 15) is 70.2 Å². The molecule has 2 atom stereocenters. The Balaban J connectivity index is 0.000000481. The van der Waals surface area contributed by atoms with Crippen molar-refractivity contribution in [2.45, 2.75) is 55.2 Å². The maximum absolute atomic E-state index is 12.0. The van der Waals surface area contributed by atoms with Crippen LogP contribution in [0.4, 0.5) is 70.2 Å². The van der Waals surface area contributed by atoms with Gasteiger partial charge in [0.2, 0.25) is 12.3 Å². The Morgan fingerprint density at radius 1 is 0.615 bits per heavy atom. The van der Waals surface area contributed by atoms with Crippen molar-refractivity contribution in [2.24, 2.45) is 0 Å². The van der Waals surface area contributed by atoms with E-state index in [1.165, 1.54) is 0 Å². The van der Waals surface area contributed by atoms with Gasteiger partial charge in [0.1, 0.15) is 0 Å². The maximum atomic E-state index is 12.0. The van der Waals surface area contributed by atoms with Gasteiger partial charge in [0, 0.05) is 0 Å². The molecule has 0 aromatic carbocycles. The van der Waals surface area contributed by atoms with E-state index in [4.69, 9.17) is 0 Å². The second kappa shape index (κ2) is 7.10. The zero-order valence-corrected chi connectivity index (χ0v) is 11.3. The number of ether oxygens (including phenoxy) is 1. The van der Waals surface area contributed by atoms with Gasteiger partial charge in [0.15, 0.2) is 0 Å². The summed E-state index contributed by atoms with van der Waals surface area (Å²) in [5.41, 5.74) is 0. The molecule has 0 amide bonds. The van der Waals surface area contributed by atoms with Gasteiger partial charge in [-0.15, -0.1) is 0 Å². The summed E-state index contributed by atoms with van der Waals surface area (Å²) in [5.74, 6) is -16.7. The van der Waals surface area contributed by atoms with E-state index in [0.29, 0.717) is 0 Å². The molecule has 1 fully saturated rings. The first-order valence-corrected chi connectivity index (χ1v) is 5.59. The van der Waals surface area contributed by atoms with E-state index in [2.05, 4.69) is 0 Å². The Bertz CT molecular complexity index is 432. The molecular weight excluding hydrogens is 428 g/mol. The van der Waals surface area contributed by atoms with Crippen LogP contribution in [0.25, 0.3) is 0 Å². The predicted molar refractivity (Wildman–Crippen MR) is 47.6 cm³/mol. The smallest absolute Gasteiger partial charge is 0.246 e. The SMILES string of the molecule is FC(F)C(F)(F)OC(F)(F)C(F)F.FC1C(F)(F)C(F)C(F)(F)C1(F)F. The van der Waals surface area contributed by atoms with Crippen LogP contribution in [0.2, 0.25) is 0 Å². The molecule has 26 heavy (non-hydrogen) atoms. The Labute approximate surface area is 131 Å². The van der Waals surface area contributed by atoms with Crippen LogP contribution in [0, 0.1) is 0 Å². The van der Waals surface area contributed by atoms with Crippen LogP contribution in [-0.2, 0) is 4.74 Å². The second-order valence-corrected chi connectivity index (χ2v) is 4.47. The second-order valence-electron chi connectivity index (χ2n) is 4.47. The summed E-state index contributed by atoms with van der Waals surface area (Å²) in [4.78, 5) is 0. The third kappa shape index (κ3) is 4.39. The van der Waals surface area contributed by atoms with E-state index in [1.807, 2.05) is 4.74 Å². The van der Waals surface area contributed by atoms with Crippen LogP contribution in [0.5, 0.6) is 0 Å². The van der Waals surface area contributed by atoms with E-state index >= 15 is 0 Å². The molecule has 1 aliphatic rings. The Kier molecular flexibility index (Phi) is 6.79. The van der Waals surface area contributed by atoms with Crippen LogP contribution in [-0.4, -0.2) is 55.2 Å². The lowest BCUT2D eigenvalue weighted by atomic mass is 10.2. The van der Waals surface area contributed by atoms with Crippen molar-refractivity contribution in [3.05, 3.63) is 0 Å². The molecule has 1 saturated carbocycles. The molecule has 0 aromatic rings. The van der Waals surface area contributed by atoms with Crippen LogP contribution in [0.3, 0.4) is 0 Å². The van der Waals surface area contributed by atoms with E-state index in [0.717, 1.165) is 0 Å². The highest BCUT2D eigenvalue weighted by molar-refractivity contribution is 5.14. The van der Waals surface area contributed by atoms with Crippen LogP contribution in [0.1, 0.15) is 0 Å². The van der Waals surface area contributed by atoms with Crippen molar-refractivity contribution < 1.29 is 75.0 Å². The first-order chi connectivity index (χ1) is 11.2. The quantitative estimate of drug-likeness (QED) is 0.548. The van der Waals surface area contributed by atoms with Gasteiger partial charge in [-0.2, -0.15) is 43.9 Å². The van der Waals surface area contributed by atoms with Gasteiger partial charge in [-0.3, -0.25) is 0 Å². The molecule has 0 bridgehead atoms. The van der Waals surface area contributed by atoms with Gasteiger partial charge in [0.05, 0.1) is 0 Å². The molecule has 2 unspecified atom stereocenters. The topological polar surface area (TPSA) is 9.23 Å². The maximum Gasteiger partial charge on any atom is 0.421 e. The van der Waals surface area contributed by atoms with Crippen molar-refractivity contribution >= 4 is 0 Å². The van der Waals surface area contributed by atoms with Crippen LogP contribution < -0.4 is 0 Å². The molecular formula is C9H4F16O. The van der Waals surface area contributed by atoms with Gasteiger partial charge in [-0.1, -0.05) is 0 Å². The molecule has 0 radical (unpaired) electrons. The molecule has 158 valence electrons. The highest BCUT2D eigenvalue weighted by Gasteiger charge is 2.85. The van der Waals surface area contributed by atoms with Gasteiger partial charge < -0.3 is 0 Å². The fraction of sp³-hybridized carbons (Fsp3) is 1.00. The monoisotopic (exact) mass is 432 g/mol. The summed E-state index contributed by atoms with van der Waals surface area (Å²) in [7, 11) is 0. The molecule has 1 nitrogen and oxygen atoms in total. The summed E-state index contributed by atoms with van der Waals surface area (Å²) >= 11 is 0. The van der Waals surface area contributed by atoms with Crippen molar-refractivity contribution in [1.82, 2.24) is 0 Å². The van der Waals surface area contributed by atoms with Gasteiger partial charge >= 0.3 is 42.8 Å². The molecule has 1 rings (SSSR count). The van der Waals surface area contributed by atoms with Crippen molar-refractivity contribution in [3.63, 3.8) is 0 Å². The molecule has 0 heterocycles. The average molecular weight is 432 g/mol. The number of alkyl halides is 16. The number of hydrogen-bond acceptors (Lipinski definition) is 1. The fourth-order valence-electron chi connectivity index (χ4n) is 1.22. The molecule has 17 heteroatoms. The molecule has 1 aliphatic carbocycles. The number of rotatable bonds is 4. The van der Waals surface area contributed by atoms with E-state index in [-0.39, 0.29) is 0 Å². The summed E-state index contributed by atoms with van der Waals surface area (Å²) in [6.45, 7) is 0. The number of hydrogen-bond donors (Lipinski definition) is 0. The Hall–Kier alpha value is -1.16. The van der Waals surface area contributed by atoms with Gasteiger partial charge in [-0.05, 0) is 0 Å². The van der Waals surface area contributed by atoms with Crippen LogP contribution >= 0.6 is 0 Å². The normalized spacial score (nSPS) is 27.5. The van der Waals surface area contributed by atoms with Crippen LogP contribution in [0.15, 0.2) is 0 Å². The zero-order chi connectivity index (χ0) is 21.5. The number of halogens is 16. The highest BCUT2D eigenvalue weighted by Crippen LogP contribution is 2.57. The van der Waals surface area contributed by atoms with E-state index in [1.54, 1.807) is 0 Å². The lowest BCUT2D eigenvalue weighted by Crippen LogP contribution is -2.44. The Morgan fingerprint density at radius 2 is 0.846 bits per heavy atom. The Morgan fingerprint density at radius 3 is 0.962 bits per heavy atom. The fourth-order valence-corrected chi connectivity index (χ4v) is 1.22. The molecule has 0 N–H and O–H groups in total. The van der Waals surface area contributed by atoms with Crippen molar-refractivity contribution in [2.75, 3.05) is 0 Å². The molecule has 0 aliphatic heterocycles. The third-order valence-corrected chi connectivity index (χ3v) is 2.54. The highest BCUT2D eigenvalue weighted by atomic mass is 19.4. The minimum atomic E-state index is -5.67. The van der Waals surface area contributed by atoms with Crippen molar-refractivity contribution in [3.8, 4) is 0 Å². The minimum absolute atomic E-state index is 1.98. The third-order valence-electron chi connectivity index (χ3n) is 2.54. The standard InChI is InChI=1S/C5H2F8.C4H2F8O/c6-1-3(8,9)2(7)5(12,13)4(1,10)11;5-1(6)3(9,10)13-4(11,12)2(7)8/h2*1-2H. The predicted octanol–water partition coefficient (Wildman–Crippen LogP) is 5.30. The first-order valence-electron chi connectivity index (χ1n) is 5.59. The van der Waals surface area contributed by atoms with Crippen molar-refractivity contribution in [1.29, 1.82) is 0 Å². The van der Waals surface area contributed by atoms with Gasteiger partial charge in [0.25, 0.3) is 0 Å². The summed E-state index contributed by atoms with van der Waals surface area (Å²) in [6, 6.07) is 0. The summed E-state index contributed by atoms with van der Waals surface area (Å²) < 4.78 is 189. The zero-order valence-electron chi connectivity index (χ0n) is 11.3. The average Bonchev–Trinajstić information content (AvgIpc) is 2.50. The largest absolute Gasteiger partial charge is 0.421 e. The summed E-state index contributed by atoms with van der Waals surface area (Å²) in [5, 5.41) is 0. The molecule has 0 aromatic heterocycles. The lowest BCUT2D eigenvalue weighted by Gasteiger charge is -2.21. The molecule has 0 spiro atoms. The molecule has 0 saturated heterocycles. The first kappa shape index (κ1) is 24.8. The van der Waals surface area contributed by atoms with Gasteiger partial charge in [-0.25, -0.2) is 31.1 Å². The minimum Gasteiger partial charge on any atom is -0.246 e.